The Hall–Kier alpha value is -3.96. The van der Waals surface area contributed by atoms with Crippen LogP contribution in [0.3, 0.4) is 0 Å². The second-order valence-electron chi connectivity index (χ2n) is 7.51. The van der Waals surface area contributed by atoms with Gasteiger partial charge in [-0.05, 0) is 61.4 Å². The molecular weight excluding hydrogens is 448 g/mol. The lowest BCUT2D eigenvalue weighted by Crippen LogP contribution is -2.07. The molecule has 0 bridgehead atoms. The van der Waals surface area contributed by atoms with Gasteiger partial charge in [0.1, 0.15) is 23.0 Å². The molecule has 0 aliphatic heterocycles. The molecule has 6 heteroatoms. The number of ether oxygens (including phenoxy) is 2. The van der Waals surface area contributed by atoms with Gasteiger partial charge in [-0.3, -0.25) is 4.79 Å². The van der Waals surface area contributed by atoms with Crippen molar-refractivity contribution in [2.24, 2.45) is 0 Å². The molecule has 0 unspecified atom stereocenters. The Morgan fingerprint density at radius 3 is 1.62 bits per heavy atom. The summed E-state index contributed by atoms with van der Waals surface area (Å²) in [6, 6.07) is 30.5. The van der Waals surface area contributed by atoms with Gasteiger partial charge in [0, 0.05) is 30.4 Å². The molecule has 5 nitrogen and oxygen atoms in total. The zero-order valence-corrected chi connectivity index (χ0v) is 20.3. The number of anilines is 2. The molecule has 0 aliphatic carbocycles. The summed E-state index contributed by atoms with van der Waals surface area (Å²) < 4.78 is 11.3. The molecular formula is C28H29ClN2O3. The Morgan fingerprint density at radius 2 is 1.15 bits per heavy atom. The topological polar surface area (TPSA) is 73.6 Å². The number of para-hydroxylation sites is 2. The minimum absolute atomic E-state index is 0. The van der Waals surface area contributed by atoms with E-state index in [4.69, 9.17) is 15.2 Å². The smallest absolute Gasteiger partial charge is 0.221 e. The van der Waals surface area contributed by atoms with Crippen LogP contribution in [0.15, 0.2) is 97.1 Å². The molecule has 0 saturated carbocycles. The maximum Gasteiger partial charge on any atom is 0.221 e. The number of nitrogens with one attached hydrogen (secondary N) is 1. The highest BCUT2D eigenvalue weighted by Gasteiger charge is 2.04. The maximum absolute atomic E-state index is 11.1. The van der Waals surface area contributed by atoms with Crippen molar-refractivity contribution in [1.29, 1.82) is 0 Å². The number of amides is 1. The predicted octanol–water partition coefficient (Wildman–Crippen LogP) is 7.54. The first-order valence-electron chi connectivity index (χ1n) is 10.6. The van der Waals surface area contributed by atoms with Crippen LogP contribution in [0.4, 0.5) is 11.4 Å². The molecule has 0 fully saturated rings. The van der Waals surface area contributed by atoms with Crippen molar-refractivity contribution >= 4 is 29.7 Å². The van der Waals surface area contributed by atoms with Crippen LogP contribution in [0.1, 0.15) is 18.1 Å². The number of carbonyl (C=O) groups excluding carboxylic acids is 1. The number of carbonyl (C=O) groups is 1. The number of hydrogen-bond donors (Lipinski definition) is 2. The van der Waals surface area contributed by atoms with E-state index in [9.17, 15) is 4.79 Å². The van der Waals surface area contributed by atoms with Crippen LogP contribution in [0.2, 0.25) is 0 Å². The number of benzene rings is 4. The molecule has 0 heterocycles. The van der Waals surface area contributed by atoms with Crippen LogP contribution < -0.4 is 20.5 Å². The number of aryl methyl sites for hydroxylation is 2. The Balaban J connectivity index is 0.000000237. The lowest BCUT2D eigenvalue weighted by molar-refractivity contribution is -0.114. The summed E-state index contributed by atoms with van der Waals surface area (Å²) in [6.45, 7) is 5.41. The average Bonchev–Trinajstić information content (AvgIpc) is 2.80. The molecule has 0 atom stereocenters. The van der Waals surface area contributed by atoms with Gasteiger partial charge in [0.15, 0.2) is 0 Å². The Kier molecular flexibility index (Phi) is 9.99. The third-order valence-electron chi connectivity index (χ3n) is 4.73. The monoisotopic (exact) mass is 476 g/mol. The van der Waals surface area contributed by atoms with E-state index in [1.807, 2.05) is 111 Å². The van der Waals surface area contributed by atoms with Crippen molar-refractivity contribution in [3.63, 3.8) is 0 Å². The van der Waals surface area contributed by atoms with Crippen molar-refractivity contribution in [2.75, 3.05) is 11.1 Å². The zero-order chi connectivity index (χ0) is 23.6. The predicted molar refractivity (Wildman–Crippen MR) is 141 cm³/mol. The standard InChI is InChI=1S/C15H15NO2.C13H13NO.ClH/c1-11-8-9-14(10-15(11)16-12(2)17)18-13-6-4-3-5-7-13;1-10-7-8-12(9-13(10)14)15-11-5-3-2-4-6-11;/h3-10H,1-2H3,(H,16,17);2-9H,14H2,1H3;1H. The fourth-order valence-electron chi connectivity index (χ4n) is 2.92. The minimum atomic E-state index is -0.0880. The van der Waals surface area contributed by atoms with Gasteiger partial charge in [0.05, 0.1) is 0 Å². The zero-order valence-electron chi connectivity index (χ0n) is 19.4. The molecule has 0 aliphatic rings. The van der Waals surface area contributed by atoms with Crippen LogP contribution in [-0.2, 0) is 4.79 Å². The largest absolute Gasteiger partial charge is 0.457 e. The summed E-state index contributed by atoms with van der Waals surface area (Å²) in [5.41, 5.74) is 9.39. The van der Waals surface area contributed by atoms with Gasteiger partial charge in [-0.1, -0.05) is 48.5 Å². The van der Waals surface area contributed by atoms with Crippen LogP contribution in [-0.4, -0.2) is 5.91 Å². The second kappa shape index (κ2) is 12.9. The van der Waals surface area contributed by atoms with Crippen molar-refractivity contribution in [2.45, 2.75) is 20.8 Å². The molecule has 4 aromatic rings. The first-order chi connectivity index (χ1) is 15.9. The minimum Gasteiger partial charge on any atom is -0.457 e. The van der Waals surface area contributed by atoms with E-state index >= 15 is 0 Å². The fourth-order valence-corrected chi connectivity index (χ4v) is 2.92. The van der Waals surface area contributed by atoms with Gasteiger partial charge in [-0.25, -0.2) is 0 Å². The van der Waals surface area contributed by atoms with E-state index < -0.39 is 0 Å². The number of nitrogens with two attached hydrogens (primary N) is 1. The average molecular weight is 477 g/mol. The molecule has 0 aromatic heterocycles. The lowest BCUT2D eigenvalue weighted by atomic mass is 10.2. The van der Waals surface area contributed by atoms with E-state index in [0.29, 0.717) is 5.75 Å². The molecule has 3 N–H and O–H groups in total. The summed E-state index contributed by atoms with van der Waals surface area (Å²) in [7, 11) is 0. The third-order valence-corrected chi connectivity index (χ3v) is 4.73. The normalized spacial score (nSPS) is 9.62. The van der Waals surface area contributed by atoms with Gasteiger partial charge in [0.25, 0.3) is 0 Å². The van der Waals surface area contributed by atoms with E-state index in [0.717, 1.165) is 39.8 Å². The van der Waals surface area contributed by atoms with Crippen molar-refractivity contribution in [1.82, 2.24) is 0 Å². The molecule has 4 rings (SSSR count). The van der Waals surface area contributed by atoms with Gasteiger partial charge in [-0.2, -0.15) is 0 Å². The summed E-state index contributed by atoms with van der Waals surface area (Å²) in [5, 5.41) is 2.78. The quantitative estimate of drug-likeness (QED) is 0.292. The number of hydrogen-bond acceptors (Lipinski definition) is 4. The Bertz CT molecular complexity index is 1200. The van der Waals surface area contributed by atoms with Gasteiger partial charge >= 0.3 is 0 Å². The summed E-state index contributed by atoms with van der Waals surface area (Å²) in [4.78, 5) is 11.1. The van der Waals surface area contributed by atoms with Crippen LogP contribution in [0.25, 0.3) is 0 Å². The van der Waals surface area contributed by atoms with E-state index in [2.05, 4.69) is 5.32 Å². The van der Waals surface area contributed by atoms with Crippen molar-refractivity contribution in [3.8, 4) is 23.0 Å². The lowest BCUT2D eigenvalue weighted by Gasteiger charge is -2.10. The molecule has 1 amide bonds. The summed E-state index contributed by atoms with van der Waals surface area (Å²) in [6.07, 6.45) is 0. The third kappa shape index (κ3) is 8.19. The van der Waals surface area contributed by atoms with Gasteiger partial charge < -0.3 is 20.5 Å². The van der Waals surface area contributed by atoms with E-state index in [1.165, 1.54) is 6.92 Å². The number of rotatable bonds is 5. The van der Waals surface area contributed by atoms with E-state index in [1.54, 1.807) is 0 Å². The van der Waals surface area contributed by atoms with Gasteiger partial charge in [-0.15, -0.1) is 12.4 Å². The van der Waals surface area contributed by atoms with Crippen LogP contribution >= 0.6 is 12.4 Å². The highest BCUT2D eigenvalue weighted by atomic mass is 35.5. The molecule has 34 heavy (non-hydrogen) atoms. The first kappa shape index (κ1) is 26.3. The van der Waals surface area contributed by atoms with Crippen LogP contribution in [0.5, 0.6) is 23.0 Å². The van der Waals surface area contributed by atoms with Crippen molar-refractivity contribution < 1.29 is 14.3 Å². The Labute approximate surface area is 206 Å². The van der Waals surface area contributed by atoms with Crippen LogP contribution in [0, 0.1) is 13.8 Å². The summed E-state index contributed by atoms with van der Waals surface area (Å²) >= 11 is 0. The fraction of sp³-hybridized carbons (Fsp3) is 0.107. The second-order valence-corrected chi connectivity index (χ2v) is 7.51. The first-order valence-corrected chi connectivity index (χ1v) is 10.6. The van der Waals surface area contributed by atoms with E-state index in [-0.39, 0.29) is 18.3 Å². The molecule has 0 saturated heterocycles. The number of nitrogen functional groups attached to an aromatic ring is 1. The van der Waals surface area contributed by atoms with Gasteiger partial charge in [0.2, 0.25) is 5.91 Å². The highest BCUT2D eigenvalue weighted by molar-refractivity contribution is 5.89. The SMILES string of the molecule is CC(=O)Nc1cc(Oc2ccccc2)ccc1C.Cc1ccc(Oc2ccccc2)cc1N.Cl. The molecule has 176 valence electrons. The van der Waals surface area contributed by atoms with Crippen molar-refractivity contribution in [3.05, 3.63) is 108 Å². The molecule has 4 aromatic carbocycles. The Morgan fingerprint density at radius 1 is 0.676 bits per heavy atom. The number of halogens is 1. The summed E-state index contributed by atoms with van der Waals surface area (Å²) in [5.74, 6) is 2.98. The molecule has 0 spiro atoms. The molecule has 0 radical (unpaired) electrons. The maximum atomic E-state index is 11.1. The highest BCUT2D eigenvalue weighted by Crippen LogP contribution is 2.27.